The van der Waals surface area contributed by atoms with Crippen molar-refractivity contribution in [2.75, 3.05) is 18.0 Å². The number of ether oxygens (including phenoxy) is 1. The monoisotopic (exact) mass is 380 g/mol. The molecule has 0 heterocycles. The molecule has 0 bridgehead atoms. The summed E-state index contributed by atoms with van der Waals surface area (Å²) >= 11 is 0. The lowest BCUT2D eigenvalue weighted by atomic mass is 10.3. The van der Waals surface area contributed by atoms with Gasteiger partial charge in [-0.05, 0) is 30.3 Å². The Morgan fingerprint density at radius 2 is 1.92 bits per heavy atom. The number of hydrazine groups is 1. The zero-order valence-electron chi connectivity index (χ0n) is 13.7. The summed E-state index contributed by atoms with van der Waals surface area (Å²) in [6, 6.07) is 10.5. The number of hydrogen-bond acceptors (Lipinski definition) is 7. The molecule has 2 aromatic carbocycles. The van der Waals surface area contributed by atoms with Gasteiger partial charge in [-0.2, -0.15) is 0 Å². The fourth-order valence-electron chi connectivity index (χ4n) is 2.12. The summed E-state index contributed by atoms with van der Waals surface area (Å²) in [5.74, 6) is 4.80. The van der Waals surface area contributed by atoms with Gasteiger partial charge in [0.2, 0.25) is 0 Å². The molecule has 0 radical (unpaired) electrons. The molecular weight excluding hydrogens is 364 g/mol. The highest BCUT2D eigenvalue weighted by Gasteiger charge is 2.28. The largest absolute Gasteiger partial charge is 0.497 e. The van der Waals surface area contributed by atoms with E-state index < -0.39 is 27.4 Å². The quantitative estimate of drug-likeness (QED) is 0.312. The SMILES string of the molecule is COc1ccc(N(CC(=O)NN)S(=O)(=O)c2cccc([N+](=O)[O-])c2)cc1. The maximum atomic E-state index is 13.0. The average molecular weight is 380 g/mol. The van der Waals surface area contributed by atoms with Crippen LogP contribution in [-0.2, 0) is 14.8 Å². The Labute approximate surface area is 149 Å². The van der Waals surface area contributed by atoms with Gasteiger partial charge in [0.1, 0.15) is 12.3 Å². The van der Waals surface area contributed by atoms with Gasteiger partial charge in [0.05, 0.1) is 22.6 Å². The molecule has 2 aromatic rings. The highest BCUT2D eigenvalue weighted by atomic mass is 32.2. The minimum atomic E-state index is -4.26. The van der Waals surface area contributed by atoms with E-state index in [4.69, 9.17) is 10.6 Å². The molecule has 0 fully saturated rings. The minimum Gasteiger partial charge on any atom is -0.497 e. The summed E-state index contributed by atoms with van der Waals surface area (Å²) in [5.41, 5.74) is 1.65. The zero-order chi connectivity index (χ0) is 19.3. The van der Waals surface area contributed by atoms with Crippen LogP contribution in [0.1, 0.15) is 0 Å². The van der Waals surface area contributed by atoms with Crippen LogP contribution in [0.3, 0.4) is 0 Å². The lowest BCUT2D eigenvalue weighted by Gasteiger charge is -2.23. The highest BCUT2D eigenvalue weighted by Crippen LogP contribution is 2.27. The normalized spacial score (nSPS) is 10.8. The van der Waals surface area contributed by atoms with Crippen LogP contribution < -0.4 is 20.3 Å². The van der Waals surface area contributed by atoms with E-state index in [1.54, 1.807) is 0 Å². The number of carbonyl (C=O) groups is 1. The Morgan fingerprint density at radius 3 is 2.46 bits per heavy atom. The molecule has 0 saturated carbocycles. The van der Waals surface area contributed by atoms with Crippen LogP contribution in [0, 0.1) is 10.1 Å². The number of carbonyl (C=O) groups excluding carboxylic acids is 1. The maximum Gasteiger partial charge on any atom is 0.270 e. The first kappa shape index (κ1) is 19.1. The van der Waals surface area contributed by atoms with E-state index in [2.05, 4.69) is 0 Å². The van der Waals surface area contributed by atoms with Gasteiger partial charge in [0.25, 0.3) is 21.6 Å². The van der Waals surface area contributed by atoms with Crippen LogP contribution in [0.5, 0.6) is 5.75 Å². The molecule has 2 rings (SSSR count). The lowest BCUT2D eigenvalue weighted by Crippen LogP contribution is -2.43. The number of amides is 1. The number of benzene rings is 2. The van der Waals surface area contributed by atoms with Crippen molar-refractivity contribution in [1.82, 2.24) is 5.43 Å². The van der Waals surface area contributed by atoms with E-state index in [0.29, 0.717) is 5.75 Å². The molecule has 0 atom stereocenters. The first-order valence-electron chi connectivity index (χ1n) is 7.20. The van der Waals surface area contributed by atoms with Gasteiger partial charge >= 0.3 is 0 Å². The second kappa shape index (κ2) is 7.80. The van der Waals surface area contributed by atoms with Crippen molar-refractivity contribution in [2.45, 2.75) is 4.90 Å². The maximum absolute atomic E-state index is 13.0. The molecule has 0 aliphatic heterocycles. The fourth-order valence-corrected chi connectivity index (χ4v) is 3.59. The van der Waals surface area contributed by atoms with Crippen LogP contribution in [-0.4, -0.2) is 32.9 Å². The van der Waals surface area contributed by atoms with Crippen molar-refractivity contribution in [2.24, 2.45) is 5.84 Å². The zero-order valence-corrected chi connectivity index (χ0v) is 14.5. The van der Waals surface area contributed by atoms with Crippen molar-refractivity contribution in [1.29, 1.82) is 0 Å². The van der Waals surface area contributed by atoms with E-state index >= 15 is 0 Å². The van der Waals surface area contributed by atoms with Gasteiger partial charge in [-0.1, -0.05) is 6.07 Å². The van der Waals surface area contributed by atoms with Crippen LogP contribution in [0.25, 0.3) is 0 Å². The number of nitrogens with zero attached hydrogens (tertiary/aromatic N) is 2. The number of nitrogens with one attached hydrogen (secondary N) is 1. The van der Waals surface area contributed by atoms with Crippen molar-refractivity contribution < 1.29 is 22.9 Å². The molecule has 26 heavy (non-hydrogen) atoms. The number of nitro benzene ring substituents is 1. The van der Waals surface area contributed by atoms with Crippen molar-refractivity contribution in [3.63, 3.8) is 0 Å². The van der Waals surface area contributed by atoms with Gasteiger partial charge in [-0.15, -0.1) is 0 Å². The summed E-state index contributed by atoms with van der Waals surface area (Å²) in [7, 11) is -2.81. The summed E-state index contributed by atoms with van der Waals surface area (Å²) in [5, 5.41) is 10.9. The van der Waals surface area contributed by atoms with Crippen molar-refractivity contribution in [3.8, 4) is 5.75 Å². The molecular formula is C15H16N4O6S. The summed E-state index contributed by atoms with van der Waals surface area (Å²) in [4.78, 5) is 21.6. The Bertz CT molecular complexity index is 914. The van der Waals surface area contributed by atoms with Crippen molar-refractivity contribution in [3.05, 3.63) is 58.6 Å². The van der Waals surface area contributed by atoms with Gasteiger partial charge in [0.15, 0.2) is 0 Å². The number of sulfonamides is 1. The number of nitrogens with two attached hydrogens (primary N) is 1. The van der Waals surface area contributed by atoms with Gasteiger partial charge in [-0.25, -0.2) is 14.3 Å². The van der Waals surface area contributed by atoms with Crippen LogP contribution in [0.4, 0.5) is 11.4 Å². The molecule has 0 aliphatic carbocycles. The van der Waals surface area contributed by atoms with Crippen LogP contribution in [0.15, 0.2) is 53.4 Å². The predicted octanol–water partition coefficient (Wildman–Crippen LogP) is 0.789. The third kappa shape index (κ3) is 4.07. The summed E-state index contributed by atoms with van der Waals surface area (Å²) in [6.07, 6.45) is 0. The second-order valence-electron chi connectivity index (χ2n) is 5.03. The third-order valence-corrected chi connectivity index (χ3v) is 5.19. The molecule has 138 valence electrons. The molecule has 0 unspecified atom stereocenters. The topological polar surface area (TPSA) is 145 Å². The lowest BCUT2D eigenvalue weighted by molar-refractivity contribution is -0.385. The Morgan fingerprint density at radius 1 is 1.27 bits per heavy atom. The minimum absolute atomic E-state index is 0.168. The van der Waals surface area contributed by atoms with Crippen LogP contribution >= 0.6 is 0 Å². The summed E-state index contributed by atoms with van der Waals surface area (Å²) < 4.78 is 31.8. The molecule has 0 aliphatic rings. The van der Waals surface area contributed by atoms with E-state index in [0.717, 1.165) is 10.4 Å². The van der Waals surface area contributed by atoms with Crippen LogP contribution in [0.2, 0.25) is 0 Å². The van der Waals surface area contributed by atoms with Gasteiger partial charge in [0, 0.05) is 12.1 Å². The smallest absolute Gasteiger partial charge is 0.270 e. The van der Waals surface area contributed by atoms with Gasteiger partial charge in [-0.3, -0.25) is 24.6 Å². The molecule has 3 N–H and O–H groups in total. The van der Waals surface area contributed by atoms with E-state index in [9.17, 15) is 23.3 Å². The number of anilines is 1. The predicted molar refractivity (Wildman–Crippen MR) is 93.0 cm³/mol. The fraction of sp³-hybridized carbons (Fsp3) is 0.133. The molecule has 0 spiro atoms. The number of rotatable bonds is 7. The number of methoxy groups -OCH3 is 1. The molecule has 0 aromatic heterocycles. The first-order chi connectivity index (χ1) is 12.3. The van der Waals surface area contributed by atoms with Crippen molar-refractivity contribution >= 4 is 27.3 Å². The van der Waals surface area contributed by atoms with E-state index in [1.165, 1.54) is 49.6 Å². The highest BCUT2D eigenvalue weighted by molar-refractivity contribution is 7.92. The molecule has 11 heteroatoms. The standard InChI is InChI=1S/C15H16N4O6S/c1-25-13-7-5-11(6-8-13)18(10-15(20)17-16)26(23,24)14-4-2-3-12(9-14)19(21)22/h2-9H,10,16H2,1H3,(H,17,20). The number of nitro groups is 1. The number of non-ortho nitro benzene ring substituents is 1. The Kier molecular flexibility index (Phi) is 5.75. The van der Waals surface area contributed by atoms with E-state index in [1.807, 2.05) is 5.43 Å². The molecule has 0 saturated heterocycles. The third-order valence-electron chi connectivity index (χ3n) is 3.43. The average Bonchev–Trinajstić information content (AvgIpc) is 2.65. The molecule has 10 nitrogen and oxygen atoms in total. The number of hydrogen-bond donors (Lipinski definition) is 2. The van der Waals surface area contributed by atoms with E-state index in [-0.39, 0.29) is 16.3 Å². The second-order valence-corrected chi connectivity index (χ2v) is 6.89. The Hall–Kier alpha value is -3.18. The molecule has 1 amide bonds. The Balaban J connectivity index is 2.53. The summed E-state index contributed by atoms with van der Waals surface area (Å²) in [6.45, 7) is -0.603. The first-order valence-corrected chi connectivity index (χ1v) is 8.64. The van der Waals surface area contributed by atoms with Gasteiger partial charge < -0.3 is 4.74 Å².